The van der Waals surface area contributed by atoms with Crippen LogP contribution in [0.5, 0.6) is 5.75 Å². The van der Waals surface area contributed by atoms with Crippen LogP contribution in [0.15, 0.2) is 36.5 Å². The van der Waals surface area contributed by atoms with Gasteiger partial charge in [0, 0.05) is 36.5 Å². The Morgan fingerprint density at radius 3 is 2.56 bits per heavy atom. The Kier molecular flexibility index (Phi) is 4.99. The van der Waals surface area contributed by atoms with Crippen molar-refractivity contribution in [3.63, 3.8) is 0 Å². The van der Waals surface area contributed by atoms with Crippen LogP contribution in [0.1, 0.15) is 36.0 Å². The summed E-state index contributed by atoms with van der Waals surface area (Å²) in [6, 6.07) is 9.42. The first kappa shape index (κ1) is 17.8. The predicted octanol–water partition coefficient (Wildman–Crippen LogP) is 2.74. The quantitative estimate of drug-likeness (QED) is 0.869. The van der Waals surface area contributed by atoms with Gasteiger partial charge in [0.15, 0.2) is 11.6 Å². The number of pyridine rings is 1. The van der Waals surface area contributed by atoms with Gasteiger partial charge in [-0.05, 0) is 62.5 Å². The average Bonchev–Trinajstić information content (AvgIpc) is 3.36. The van der Waals surface area contributed by atoms with Crippen LogP contribution in [0.3, 0.4) is 0 Å². The molecule has 3 N–H and O–H groups in total. The molecule has 1 atom stereocenters. The molecule has 0 spiro atoms. The molecule has 0 bridgehead atoms. The fourth-order valence-electron chi connectivity index (χ4n) is 4.15. The molecule has 2 aliphatic heterocycles. The molecule has 0 saturated carbocycles. The van der Waals surface area contributed by atoms with Crippen molar-refractivity contribution in [2.45, 2.75) is 31.7 Å². The van der Waals surface area contributed by atoms with Gasteiger partial charge in [0.05, 0.1) is 0 Å². The number of rotatable bonds is 4. The van der Waals surface area contributed by atoms with Crippen LogP contribution in [0.2, 0.25) is 0 Å². The Morgan fingerprint density at radius 2 is 1.85 bits per heavy atom. The fraction of sp³-hybridized carbons (Fsp3) is 0.429. The Morgan fingerprint density at radius 1 is 1.11 bits per heavy atom. The molecule has 2 aliphatic rings. The van der Waals surface area contributed by atoms with Crippen LogP contribution in [0.4, 0.5) is 5.82 Å². The van der Waals surface area contributed by atoms with E-state index in [9.17, 15) is 9.90 Å². The highest BCUT2D eigenvalue weighted by Crippen LogP contribution is 2.27. The zero-order valence-electron chi connectivity index (χ0n) is 15.5. The zero-order valence-corrected chi connectivity index (χ0v) is 15.5. The van der Waals surface area contributed by atoms with Gasteiger partial charge >= 0.3 is 0 Å². The number of nitrogens with zero attached hydrogens (tertiary/aromatic N) is 3. The first-order valence-electron chi connectivity index (χ1n) is 9.70. The molecule has 1 aromatic carbocycles. The van der Waals surface area contributed by atoms with Crippen molar-refractivity contribution < 1.29 is 9.90 Å². The van der Waals surface area contributed by atoms with Crippen molar-refractivity contribution in [2.24, 2.45) is 0 Å². The molecule has 1 aromatic heterocycles. The van der Waals surface area contributed by atoms with E-state index in [4.69, 9.17) is 5.73 Å². The van der Waals surface area contributed by atoms with E-state index in [1.807, 2.05) is 29.2 Å². The Balaban J connectivity index is 1.47. The fourth-order valence-corrected chi connectivity index (χ4v) is 4.15. The summed E-state index contributed by atoms with van der Waals surface area (Å²) in [5.41, 5.74) is 7.93. The molecule has 142 valence electrons. The lowest BCUT2D eigenvalue weighted by molar-refractivity contribution is 0.0709. The summed E-state index contributed by atoms with van der Waals surface area (Å²) >= 11 is 0. The number of carbonyl (C=O) groups is 1. The van der Waals surface area contributed by atoms with Gasteiger partial charge in [-0.1, -0.05) is 12.1 Å². The van der Waals surface area contributed by atoms with E-state index >= 15 is 0 Å². The van der Waals surface area contributed by atoms with Crippen molar-refractivity contribution in [2.75, 3.05) is 31.9 Å². The van der Waals surface area contributed by atoms with E-state index in [0.717, 1.165) is 50.1 Å². The summed E-state index contributed by atoms with van der Waals surface area (Å²) in [5.74, 6) is 0.194. The number of aromatic hydroxyl groups is 1. The second-order valence-electron chi connectivity index (χ2n) is 7.51. The third-order valence-electron chi connectivity index (χ3n) is 5.67. The molecule has 3 heterocycles. The van der Waals surface area contributed by atoms with Crippen molar-refractivity contribution >= 4 is 11.7 Å². The molecule has 0 aliphatic carbocycles. The number of anilines is 1. The van der Waals surface area contributed by atoms with Gasteiger partial charge in [0.2, 0.25) is 0 Å². The summed E-state index contributed by atoms with van der Waals surface area (Å²) in [6.07, 6.45) is 6.35. The summed E-state index contributed by atoms with van der Waals surface area (Å²) in [5, 5.41) is 9.74. The molecule has 2 saturated heterocycles. The van der Waals surface area contributed by atoms with Crippen LogP contribution in [0, 0.1) is 0 Å². The highest BCUT2D eigenvalue weighted by Gasteiger charge is 2.31. The second-order valence-corrected chi connectivity index (χ2v) is 7.51. The normalized spacial score (nSPS) is 20.3. The van der Waals surface area contributed by atoms with Gasteiger partial charge < -0.3 is 20.6 Å². The smallest absolute Gasteiger partial charge is 0.254 e. The molecule has 6 heteroatoms. The van der Waals surface area contributed by atoms with Gasteiger partial charge in [0.25, 0.3) is 5.91 Å². The number of carbonyl (C=O) groups excluding carboxylic acids is 1. The lowest BCUT2D eigenvalue weighted by atomic mass is 10.0. The van der Waals surface area contributed by atoms with E-state index in [0.29, 0.717) is 11.6 Å². The minimum Gasteiger partial charge on any atom is -0.504 e. The van der Waals surface area contributed by atoms with Gasteiger partial charge in [0.1, 0.15) is 0 Å². The SMILES string of the molecule is Nc1ncc(-c2ccc(C(=O)N3CCCC3CN3CCCC3)cc2)cc1O. The number of hydrogen-bond donors (Lipinski definition) is 2. The van der Waals surface area contributed by atoms with Crippen LogP contribution in [-0.2, 0) is 0 Å². The Labute approximate surface area is 159 Å². The molecule has 0 radical (unpaired) electrons. The van der Waals surface area contributed by atoms with Gasteiger partial charge in [-0.25, -0.2) is 4.98 Å². The highest BCUT2D eigenvalue weighted by atomic mass is 16.3. The summed E-state index contributed by atoms with van der Waals surface area (Å²) < 4.78 is 0. The number of benzene rings is 1. The molecule has 1 unspecified atom stereocenters. The molecule has 4 rings (SSSR count). The zero-order chi connectivity index (χ0) is 18.8. The molecule has 2 fully saturated rings. The molecular formula is C21H26N4O2. The van der Waals surface area contributed by atoms with Gasteiger partial charge in [-0.2, -0.15) is 0 Å². The lowest BCUT2D eigenvalue weighted by Crippen LogP contribution is -2.42. The van der Waals surface area contributed by atoms with Crippen molar-refractivity contribution in [1.29, 1.82) is 0 Å². The monoisotopic (exact) mass is 366 g/mol. The lowest BCUT2D eigenvalue weighted by Gasteiger charge is -2.28. The number of amides is 1. The van der Waals surface area contributed by atoms with Crippen molar-refractivity contribution in [1.82, 2.24) is 14.8 Å². The number of hydrogen-bond acceptors (Lipinski definition) is 5. The first-order chi connectivity index (χ1) is 13.1. The maximum atomic E-state index is 13.0. The minimum absolute atomic E-state index is 0.0329. The van der Waals surface area contributed by atoms with Gasteiger partial charge in [-0.3, -0.25) is 4.79 Å². The number of aromatic nitrogens is 1. The molecule has 1 amide bonds. The summed E-state index contributed by atoms with van der Waals surface area (Å²) in [4.78, 5) is 21.5. The largest absolute Gasteiger partial charge is 0.504 e. The first-order valence-corrected chi connectivity index (χ1v) is 9.70. The van der Waals surface area contributed by atoms with Crippen LogP contribution < -0.4 is 5.73 Å². The molecule has 2 aromatic rings. The van der Waals surface area contributed by atoms with E-state index in [-0.39, 0.29) is 17.5 Å². The number of nitrogens with two attached hydrogens (primary N) is 1. The molecule has 27 heavy (non-hydrogen) atoms. The van der Waals surface area contributed by atoms with Crippen LogP contribution in [0.25, 0.3) is 11.1 Å². The molecular weight excluding hydrogens is 340 g/mol. The van der Waals surface area contributed by atoms with E-state index in [1.54, 1.807) is 12.3 Å². The number of nitrogen functional groups attached to an aromatic ring is 1. The maximum absolute atomic E-state index is 13.0. The Bertz CT molecular complexity index is 815. The maximum Gasteiger partial charge on any atom is 0.254 e. The second kappa shape index (κ2) is 7.56. The van der Waals surface area contributed by atoms with E-state index in [1.165, 1.54) is 12.8 Å². The third-order valence-corrected chi connectivity index (χ3v) is 5.67. The topological polar surface area (TPSA) is 82.7 Å². The third kappa shape index (κ3) is 3.76. The average molecular weight is 366 g/mol. The van der Waals surface area contributed by atoms with Crippen molar-refractivity contribution in [3.05, 3.63) is 42.1 Å². The summed E-state index contributed by atoms with van der Waals surface area (Å²) in [7, 11) is 0. The van der Waals surface area contributed by atoms with Gasteiger partial charge in [-0.15, -0.1) is 0 Å². The predicted molar refractivity (Wildman–Crippen MR) is 105 cm³/mol. The minimum atomic E-state index is -0.0329. The van der Waals surface area contributed by atoms with Crippen LogP contribution in [-0.4, -0.2) is 58.0 Å². The highest BCUT2D eigenvalue weighted by molar-refractivity contribution is 5.95. The van der Waals surface area contributed by atoms with Crippen LogP contribution >= 0.6 is 0 Å². The Hall–Kier alpha value is -2.60. The van der Waals surface area contributed by atoms with E-state index in [2.05, 4.69) is 9.88 Å². The van der Waals surface area contributed by atoms with Crippen molar-refractivity contribution in [3.8, 4) is 16.9 Å². The molecule has 6 nitrogen and oxygen atoms in total. The standard InChI is InChI=1S/C21H26N4O2/c22-20-19(26)12-17(13-23-20)15-5-7-16(8-6-15)21(27)25-11-3-4-18(25)14-24-9-1-2-10-24/h5-8,12-13,18,26H,1-4,9-11,14H2,(H2,22,23). The number of likely N-dealkylation sites (tertiary alicyclic amines) is 2. The summed E-state index contributed by atoms with van der Waals surface area (Å²) in [6.45, 7) is 4.17. The van der Waals surface area contributed by atoms with E-state index < -0.39 is 0 Å².